The summed E-state index contributed by atoms with van der Waals surface area (Å²) < 4.78 is 5.54. The van der Waals surface area contributed by atoms with Crippen LogP contribution in [0.5, 0.6) is 0 Å². The maximum Gasteiger partial charge on any atom is 0.309 e. The summed E-state index contributed by atoms with van der Waals surface area (Å²) in [6.45, 7) is 8.75. The summed E-state index contributed by atoms with van der Waals surface area (Å²) in [4.78, 5) is 11.7. The van der Waals surface area contributed by atoms with E-state index in [9.17, 15) is 4.79 Å². The first-order valence-electron chi connectivity index (χ1n) is 7.29. The molecule has 0 aromatic heterocycles. The Morgan fingerprint density at radius 3 is 2.78 bits per heavy atom. The highest BCUT2D eigenvalue weighted by molar-refractivity contribution is 5.71. The molecule has 0 aliphatic heterocycles. The Morgan fingerprint density at radius 2 is 2.17 bits per heavy atom. The molecule has 0 spiro atoms. The van der Waals surface area contributed by atoms with E-state index < -0.39 is 0 Å². The summed E-state index contributed by atoms with van der Waals surface area (Å²) in [5.41, 5.74) is 0.408. The summed E-state index contributed by atoms with van der Waals surface area (Å²) in [6.07, 6.45) is 10.3. The molecule has 0 heterocycles. The quantitative estimate of drug-likeness (QED) is 0.532. The van der Waals surface area contributed by atoms with Gasteiger partial charge < -0.3 is 4.74 Å². The lowest BCUT2D eigenvalue weighted by atomic mass is 9.71. The number of hydrogen-bond donors (Lipinski definition) is 0. The predicted octanol–water partition coefficient (Wildman–Crippen LogP) is 4.49. The monoisotopic (exact) mass is 252 g/mol. The van der Waals surface area contributed by atoms with Crippen molar-refractivity contribution >= 4 is 5.97 Å². The van der Waals surface area contributed by atoms with Crippen LogP contribution in [-0.4, -0.2) is 12.1 Å². The topological polar surface area (TPSA) is 26.3 Å². The van der Waals surface area contributed by atoms with Crippen molar-refractivity contribution in [1.29, 1.82) is 0 Å². The van der Waals surface area contributed by atoms with Crippen LogP contribution in [0.1, 0.15) is 66.2 Å². The van der Waals surface area contributed by atoms with Crippen molar-refractivity contribution in [2.24, 2.45) is 11.3 Å². The zero-order valence-electron chi connectivity index (χ0n) is 12.4. The van der Waals surface area contributed by atoms with Gasteiger partial charge in [-0.1, -0.05) is 39.3 Å². The molecule has 0 aromatic carbocycles. The first-order valence-corrected chi connectivity index (χ1v) is 7.29. The molecule has 0 aromatic rings. The average Bonchev–Trinajstić information content (AvgIpc) is 2.28. The van der Waals surface area contributed by atoms with E-state index >= 15 is 0 Å². The van der Waals surface area contributed by atoms with Gasteiger partial charge in [0.15, 0.2) is 0 Å². The van der Waals surface area contributed by atoms with Crippen LogP contribution >= 0.6 is 0 Å². The first kappa shape index (κ1) is 15.3. The zero-order valence-corrected chi connectivity index (χ0v) is 12.4. The van der Waals surface area contributed by atoms with E-state index in [2.05, 4.69) is 20.8 Å². The maximum atomic E-state index is 11.7. The van der Waals surface area contributed by atoms with Crippen molar-refractivity contribution in [1.82, 2.24) is 0 Å². The maximum absolute atomic E-state index is 11.7. The lowest BCUT2D eigenvalue weighted by molar-refractivity contribution is -0.151. The molecule has 0 radical (unpaired) electrons. The van der Waals surface area contributed by atoms with Gasteiger partial charge in [0.05, 0.1) is 6.42 Å². The number of allylic oxidation sites excluding steroid dienone is 1. The Hall–Kier alpha value is -0.790. The van der Waals surface area contributed by atoms with Crippen LogP contribution in [-0.2, 0) is 9.53 Å². The smallest absolute Gasteiger partial charge is 0.309 e. The zero-order chi connectivity index (χ0) is 13.6. The number of hydrogen-bond acceptors (Lipinski definition) is 2. The normalized spacial score (nSPS) is 25.0. The lowest BCUT2D eigenvalue weighted by Gasteiger charge is -2.37. The van der Waals surface area contributed by atoms with Gasteiger partial charge in [-0.05, 0) is 43.9 Å². The molecular weight excluding hydrogens is 224 g/mol. The minimum Gasteiger partial charge on any atom is -0.462 e. The minimum absolute atomic E-state index is 0.0621. The van der Waals surface area contributed by atoms with Crippen molar-refractivity contribution < 1.29 is 9.53 Å². The van der Waals surface area contributed by atoms with Crippen LogP contribution in [0.15, 0.2) is 12.2 Å². The molecule has 1 aliphatic rings. The summed E-state index contributed by atoms with van der Waals surface area (Å²) in [5, 5.41) is 0. The van der Waals surface area contributed by atoms with Gasteiger partial charge in [0.25, 0.3) is 0 Å². The third kappa shape index (κ3) is 5.24. The highest BCUT2D eigenvalue weighted by atomic mass is 16.5. The molecule has 1 saturated carbocycles. The Morgan fingerprint density at radius 1 is 1.44 bits per heavy atom. The van der Waals surface area contributed by atoms with E-state index in [1.165, 1.54) is 25.7 Å². The van der Waals surface area contributed by atoms with Crippen LogP contribution in [0, 0.1) is 11.3 Å². The fourth-order valence-electron chi connectivity index (χ4n) is 2.86. The second-order valence-corrected chi connectivity index (χ2v) is 6.30. The van der Waals surface area contributed by atoms with Crippen molar-refractivity contribution in [3.63, 3.8) is 0 Å². The molecule has 1 aliphatic carbocycles. The second-order valence-electron chi connectivity index (χ2n) is 6.30. The summed E-state index contributed by atoms with van der Waals surface area (Å²) >= 11 is 0. The SMILES string of the molecule is CCC=CCC(=O)O[C@H](C)C1CCCC(C)(C)C1. The van der Waals surface area contributed by atoms with Gasteiger partial charge >= 0.3 is 5.97 Å². The molecule has 2 atom stereocenters. The van der Waals surface area contributed by atoms with Crippen molar-refractivity contribution in [3.8, 4) is 0 Å². The minimum atomic E-state index is -0.0874. The highest BCUT2D eigenvalue weighted by Gasteiger charge is 2.32. The van der Waals surface area contributed by atoms with Crippen LogP contribution in [0.4, 0.5) is 0 Å². The van der Waals surface area contributed by atoms with Crippen molar-refractivity contribution in [2.45, 2.75) is 72.3 Å². The average molecular weight is 252 g/mol. The first-order chi connectivity index (χ1) is 8.44. The van der Waals surface area contributed by atoms with Gasteiger partial charge in [0.2, 0.25) is 0 Å². The Labute approximate surface area is 112 Å². The van der Waals surface area contributed by atoms with E-state index in [1.54, 1.807) is 0 Å². The molecular formula is C16H28O2. The Balaban J connectivity index is 2.37. The fourth-order valence-corrected chi connectivity index (χ4v) is 2.86. The molecule has 2 heteroatoms. The second kappa shape index (κ2) is 6.96. The van der Waals surface area contributed by atoms with E-state index in [4.69, 9.17) is 4.74 Å². The molecule has 1 unspecified atom stereocenters. The molecule has 0 amide bonds. The predicted molar refractivity (Wildman–Crippen MR) is 75.3 cm³/mol. The molecule has 0 N–H and O–H groups in total. The van der Waals surface area contributed by atoms with Gasteiger partial charge in [0.1, 0.15) is 6.10 Å². The van der Waals surface area contributed by atoms with Gasteiger partial charge in [-0.25, -0.2) is 0 Å². The number of rotatable bonds is 5. The van der Waals surface area contributed by atoms with Gasteiger partial charge in [-0.2, -0.15) is 0 Å². The van der Waals surface area contributed by atoms with Gasteiger partial charge in [0, 0.05) is 0 Å². The van der Waals surface area contributed by atoms with E-state index in [1.807, 2.05) is 19.1 Å². The van der Waals surface area contributed by atoms with Gasteiger partial charge in [-0.15, -0.1) is 0 Å². The number of esters is 1. The molecule has 1 rings (SSSR count). The number of ether oxygens (including phenoxy) is 1. The van der Waals surface area contributed by atoms with Crippen LogP contribution < -0.4 is 0 Å². The lowest BCUT2D eigenvalue weighted by Crippen LogP contribution is -2.32. The fraction of sp³-hybridized carbons (Fsp3) is 0.812. The largest absolute Gasteiger partial charge is 0.462 e. The summed E-state index contributed by atoms with van der Waals surface area (Å²) in [6, 6.07) is 0. The molecule has 0 saturated heterocycles. The third-order valence-corrected chi connectivity index (χ3v) is 3.91. The van der Waals surface area contributed by atoms with Crippen LogP contribution in [0.3, 0.4) is 0 Å². The van der Waals surface area contributed by atoms with Crippen molar-refractivity contribution in [3.05, 3.63) is 12.2 Å². The third-order valence-electron chi connectivity index (χ3n) is 3.91. The molecule has 0 bridgehead atoms. The highest BCUT2D eigenvalue weighted by Crippen LogP contribution is 2.40. The number of carbonyl (C=O) groups is 1. The van der Waals surface area contributed by atoms with E-state index in [0.717, 1.165) is 6.42 Å². The van der Waals surface area contributed by atoms with Gasteiger partial charge in [-0.3, -0.25) is 4.79 Å². The summed E-state index contributed by atoms with van der Waals surface area (Å²) in [5.74, 6) is 0.448. The van der Waals surface area contributed by atoms with E-state index in [0.29, 0.717) is 17.8 Å². The number of carbonyl (C=O) groups excluding carboxylic acids is 1. The molecule has 1 fully saturated rings. The summed E-state index contributed by atoms with van der Waals surface area (Å²) in [7, 11) is 0. The standard InChI is InChI=1S/C16H28O2/c1-5-6-7-10-15(17)18-13(2)14-9-8-11-16(3,4)12-14/h6-7,13-14H,5,8-12H2,1-4H3/t13-,14?/m1/s1. The Bertz CT molecular complexity index is 291. The van der Waals surface area contributed by atoms with Crippen LogP contribution in [0.25, 0.3) is 0 Å². The Kier molecular flexibility index (Phi) is 5.90. The van der Waals surface area contributed by atoms with Crippen molar-refractivity contribution in [2.75, 3.05) is 0 Å². The van der Waals surface area contributed by atoms with E-state index in [-0.39, 0.29) is 12.1 Å². The molecule has 2 nitrogen and oxygen atoms in total. The molecule has 104 valence electrons. The molecule has 18 heavy (non-hydrogen) atoms. The van der Waals surface area contributed by atoms with Crippen LogP contribution in [0.2, 0.25) is 0 Å².